The molecule has 2 rings (SSSR count). The number of benzene rings is 1. The molecule has 1 aromatic heterocycles. The third-order valence-corrected chi connectivity index (χ3v) is 3.01. The van der Waals surface area contributed by atoms with E-state index in [4.69, 9.17) is 9.47 Å². The van der Waals surface area contributed by atoms with Crippen LogP contribution in [-0.4, -0.2) is 22.9 Å². The zero-order valence-electron chi connectivity index (χ0n) is 12.0. The van der Waals surface area contributed by atoms with Crippen molar-refractivity contribution in [2.24, 2.45) is 0 Å². The van der Waals surface area contributed by atoms with Gasteiger partial charge >= 0.3 is 0 Å². The summed E-state index contributed by atoms with van der Waals surface area (Å²) in [6.07, 6.45) is 3.44. The lowest BCUT2D eigenvalue weighted by Gasteiger charge is -2.11. The number of para-hydroxylation sites is 2. The number of aromatic nitrogens is 1. The standard InChI is InChI=1S/C16H21NO3/c1-3-19-15-6-4-5-7-16(15)20-11-10-17-9-8-14(12-17)13(2)18/h4-9,12-13,18H,3,10-11H2,1-2H3. The van der Waals surface area contributed by atoms with Gasteiger partial charge in [0.25, 0.3) is 0 Å². The van der Waals surface area contributed by atoms with Crippen LogP contribution >= 0.6 is 0 Å². The Bertz CT molecular complexity index is 534. The van der Waals surface area contributed by atoms with Crippen LogP contribution in [0.2, 0.25) is 0 Å². The van der Waals surface area contributed by atoms with Crippen molar-refractivity contribution < 1.29 is 14.6 Å². The van der Waals surface area contributed by atoms with Crippen LogP contribution in [-0.2, 0) is 6.54 Å². The van der Waals surface area contributed by atoms with Crippen molar-refractivity contribution in [3.05, 3.63) is 48.3 Å². The van der Waals surface area contributed by atoms with E-state index in [0.29, 0.717) is 13.2 Å². The Morgan fingerprint density at radius 1 is 1.15 bits per heavy atom. The summed E-state index contributed by atoms with van der Waals surface area (Å²) in [6.45, 7) is 5.61. The average Bonchev–Trinajstić information content (AvgIpc) is 2.90. The number of rotatable bonds is 7. The molecule has 0 aliphatic carbocycles. The molecule has 1 unspecified atom stereocenters. The molecule has 0 amide bonds. The van der Waals surface area contributed by atoms with Gasteiger partial charge < -0.3 is 19.1 Å². The summed E-state index contributed by atoms with van der Waals surface area (Å²) < 4.78 is 13.3. The maximum Gasteiger partial charge on any atom is 0.161 e. The highest BCUT2D eigenvalue weighted by Gasteiger charge is 2.05. The molecule has 0 bridgehead atoms. The monoisotopic (exact) mass is 275 g/mol. The molecule has 4 heteroatoms. The van der Waals surface area contributed by atoms with Gasteiger partial charge in [0.1, 0.15) is 6.61 Å². The lowest BCUT2D eigenvalue weighted by molar-refractivity contribution is 0.199. The summed E-state index contributed by atoms with van der Waals surface area (Å²) in [5.41, 5.74) is 0.916. The first-order chi connectivity index (χ1) is 9.70. The van der Waals surface area contributed by atoms with Crippen LogP contribution in [0.3, 0.4) is 0 Å². The van der Waals surface area contributed by atoms with E-state index in [1.165, 1.54) is 0 Å². The van der Waals surface area contributed by atoms with Crippen LogP contribution in [0.5, 0.6) is 11.5 Å². The maximum absolute atomic E-state index is 9.47. The second-order valence-electron chi connectivity index (χ2n) is 4.59. The molecule has 1 heterocycles. The molecule has 0 spiro atoms. The Kier molecular flexibility index (Phi) is 5.07. The number of aliphatic hydroxyl groups excluding tert-OH is 1. The second-order valence-corrected chi connectivity index (χ2v) is 4.59. The Morgan fingerprint density at radius 3 is 2.45 bits per heavy atom. The maximum atomic E-state index is 9.47. The fraction of sp³-hybridized carbons (Fsp3) is 0.375. The Morgan fingerprint density at radius 2 is 1.85 bits per heavy atom. The summed E-state index contributed by atoms with van der Waals surface area (Å²) >= 11 is 0. The fourth-order valence-electron chi connectivity index (χ4n) is 1.95. The number of hydrogen-bond acceptors (Lipinski definition) is 3. The lowest BCUT2D eigenvalue weighted by atomic mass is 10.2. The molecular formula is C16H21NO3. The van der Waals surface area contributed by atoms with Gasteiger partial charge in [-0.1, -0.05) is 12.1 Å². The number of hydrogen-bond donors (Lipinski definition) is 1. The van der Waals surface area contributed by atoms with Crippen molar-refractivity contribution in [3.63, 3.8) is 0 Å². The zero-order valence-corrected chi connectivity index (χ0v) is 12.0. The Hall–Kier alpha value is -1.94. The summed E-state index contributed by atoms with van der Waals surface area (Å²) in [5, 5.41) is 9.47. The number of aliphatic hydroxyl groups is 1. The highest BCUT2D eigenvalue weighted by Crippen LogP contribution is 2.26. The van der Waals surface area contributed by atoms with Crippen LogP contribution in [0.1, 0.15) is 25.5 Å². The normalized spacial score (nSPS) is 12.2. The molecule has 0 fully saturated rings. The first-order valence-electron chi connectivity index (χ1n) is 6.89. The third kappa shape index (κ3) is 3.78. The predicted octanol–water partition coefficient (Wildman–Crippen LogP) is 3.02. The molecule has 0 aliphatic rings. The van der Waals surface area contributed by atoms with E-state index >= 15 is 0 Å². The summed E-state index contributed by atoms with van der Waals surface area (Å²) in [7, 11) is 0. The third-order valence-electron chi connectivity index (χ3n) is 3.01. The van der Waals surface area contributed by atoms with Crippen molar-refractivity contribution in [1.82, 2.24) is 4.57 Å². The molecule has 4 nitrogen and oxygen atoms in total. The minimum Gasteiger partial charge on any atom is -0.490 e. The topological polar surface area (TPSA) is 43.6 Å². The van der Waals surface area contributed by atoms with E-state index in [1.54, 1.807) is 6.92 Å². The largest absolute Gasteiger partial charge is 0.490 e. The molecule has 1 aromatic carbocycles. The summed E-state index contributed by atoms with van der Waals surface area (Å²) in [4.78, 5) is 0. The van der Waals surface area contributed by atoms with Crippen molar-refractivity contribution in [2.45, 2.75) is 26.5 Å². The van der Waals surface area contributed by atoms with Crippen molar-refractivity contribution in [1.29, 1.82) is 0 Å². The van der Waals surface area contributed by atoms with E-state index in [0.717, 1.165) is 23.6 Å². The molecule has 0 aliphatic heterocycles. The van der Waals surface area contributed by atoms with Gasteiger partial charge in [-0.25, -0.2) is 0 Å². The van der Waals surface area contributed by atoms with Gasteiger partial charge in [-0.15, -0.1) is 0 Å². The quantitative estimate of drug-likeness (QED) is 0.844. The Labute approximate surface area is 119 Å². The average molecular weight is 275 g/mol. The van der Waals surface area contributed by atoms with Gasteiger partial charge in [0, 0.05) is 12.4 Å². The summed E-state index contributed by atoms with van der Waals surface area (Å²) in [5.74, 6) is 1.53. The molecular weight excluding hydrogens is 254 g/mol. The highest BCUT2D eigenvalue weighted by molar-refractivity contribution is 5.39. The van der Waals surface area contributed by atoms with E-state index in [-0.39, 0.29) is 0 Å². The Balaban J connectivity index is 1.89. The van der Waals surface area contributed by atoms with Crippen molar-refractivity contribution in [3.8, 4) is 11.5 Å². The van der Waals surface area contributed by atoms with Crippen LogP contribution in [0.4, 0.5) is 0 Å². The predicted molar refractivity (Wildman–Crippen MR) is 78.2 cm³/mol. The van der Waals surface area contributed by atoms with Gasteiger partial charge in [0.15, 0.2) is 11.5 Å². The fourth-order valence-corrected chi connectivity index (χ4v) is 1.95. The van der Waals surface area contributed by atoms with Crippen LogP contribution in [0.15, 0.2) is 42.7 Å². The minimum absolute atomic E-state index is 0.434. The highest BCUT2D eigenvalue weighted by atomic mass is 16.5. The smallest absolute Gasteiger partial charge is 0.161 e. The van der Waals surface area contributed by atoms with E-state index in [1.807, 2.05) is 54.2 Å². The molecule has 20 heavy (non-hydrogen) atoms. The summed E-state index contributed by atoms with van der Waals surface area (Å²) in [6, 6.07) is 9.58. The molecule has 2 aromatic rings. The molecule has 0 saturated carbocycles. The number of nitrogens with zero attached hydrogens (tertiary/aromatic N) is 1. The van der Waals surface area contributed by atoms with Crippen molar-refractivity contribution in [2.75, 3.05) is 13.2 Å². The molecule has 108 valence electrons. The minimum atomic E-state index is -0.434. The zero-order chi connectivity index (χ0) is 14.4. The van der Waals surface area contributed by atoms with Crippen LogP contribution in [0, 0.1) is 0 Å². The van der Waals surface area contributed by atoms with Gasteiger partial charge in [-0.05, 0) is 37.6 Å². The lowest BCUT2D eigenvalue weighted by Crippen LogP contribution is -2.07. The molecule has 1 N–H and O–H groups in total. The first kappa shape index (κ1) is 14.5. The van der Waals surface area contributed by atoms with Gasteiger partial charge in [-0.2, -0.15) is 0 Å². The van der Waals surface area contributed by atoms with Gasteiger partial charge in [-0.3, -0.25) is 0 Å². The SMILES string of the molecule is CCOc1ccccc1OCCn1ccc(C(C)O)c1. The first-order valence-corrected chi connectivity index (χ1v) is 6.89. The molecule has 1 atom stereocenters. The van der Waals surface area contributed by atoms with Crippen LogP contribution < -0.4 is 9.47 Å². The number of ether oxygens (including phenoxy) is 2. The second kappa shape index (κ2) is 7.01. The van der Waals surface area contributed by atoms with Gasteiger partial charge in [0.05, 0.1) is 19.3 Å². The van der Waals surface area contributed by atoms with Gasteiger partial charge in [0.2, 0.25) is 0 Å². The van der Waals surface area contributed by atoms with Crippen LogP contribution in [0.25, 0.3) is 0 Å². The van der Waals surface area contributed by atoms with E-state index in [9.17, 15) is 5.11 Å². The molecule has 0 saturated heterocycles. The van der Waals surface area contributed by atoms with Crippen molar-refractivity contribution >= 4 is 0 Å². The molecule has 0 radical (unpaired) electrons. The van der Waals surface area contributed by atoms with E-state index < -0.39 is 6.10 Å². The van der Waals surface area contributed by atoms with E-state index in [2.05, 4.69) is 0 Å².